The minimum absolute atomic E-state index is 0.130. The van der Waals surface area contributed by atoms with Crippen LogP contribution in [-0.2, 0) is 23.8 Å². The van der Waals surface area contributed by atoms with Crippen LogP contribution in [0.4, 0.5) is 0 Å². The average Bonchev–Trinajstić information content (AvgIpc) is 3.44. The number of rotatable bonds is 14. The van der Waals surface area contributed by atoms with Crippen LogP contribution in [0.1, 0.15) is 90.9 Å². The third-order valence-corrected chi connectivity index (χ3v) is 5.74. The van der Waals surface area contributed by atoms with Crippen LogP contribution in [0.15, 0.2) is 0 Å². The van der Waals surface area contributed by atoms with Gasteiger partial charge in [-0.1, -0.05) is 65.2 Å². The van der Waals surface area contributed by atoms with Crippen molar-refractivity contribution in [3.8, 4) is 0 Å². The third kappa shape index (κ3) is 7.81. The van der Waals surface area contributed by atoms with Gasteiger partial charge in [-0.2, -0.15) is 0 Å². The Morgan fingerprint density at radius 2 is 1.11 bits per heavy atom. The van der Waals surface area contributed by atoms with E-state index in [0.29, 0.717) is 26.1 Å². The van der Waals surface area contributed by atoms with Gasteiger partial charge in [-0.25, -0.2) is 0 Å². The first-order valence-electron chi connectivity index (χ1n) is 11.2. The first-order valence-corrected chi connectivity index (χ1v) is 11.2. The van der Waals surface area contributed by atoms with E-state index in [4.69, 9.17) is 14.2 Å². The Bertz CT molecular complexity index is 410. The van der Waals surface area contributed by atoms with E-state index in [1.807, 2.05) is 0 Å². The van der Waals surface area contributed by atoms with Crippen LogP contribution in [0.3, 0.4) is 0 Å². The van der Waals surface area contributed by atoms with Gasteiger partial charge in [-0.05, 0) is 25.7 Å². The van der Waals surface area contributed by atoms with Crippen molar-refractivity contribution in [3.63, 3.8) is 0 Å². The molecule has 4 atom stereocenters. The van der Waals surface area contributed by atoms with Crippen molar-refractivity contribution in [2.75, 3.05) is 13.2 Å². The minimum Gasteiger partial charge on any atom is -0.465 e. The molecule has 0 aromatic rings. The summed E-state index contributed by atoms with van der Waals surface area (Å²) >= 11 is 0. The highest BCUT2D eigenvalue weighted by Gasteiger charge is 2.53. The van der Waals surface area contributed by atoms with E-state index in [2.05, 4.69) is 13.8 Å². The lowest BCUT2D eigenvalue weighted by Crippen LogP contribution is -2.37. The number of carbonyl (C=O) groups is 2. The number of esters is 2. The molecule has 1 saturated heterocycles. The maximum Gasteiger partial charge on any atom is 0.309 e. The van der Waals surface area contributed by atoms with E-state index in [-0.39, 0.29) is 24.1 Å². The van der Waals surface area contributed by atoms with Crippen molar-refractivity contribution in [1.82, 2.24) is 0 Å². The van der Waals surface area contributed by atoms with Gasteiger partial charge in [0.1, 0.15) is 0 Å². The third-order valence-electron chi connectivity index (χ3n) is 5.74. The molecule has 0 amide bonds. The molecule has 5 heteroatoms. The summed E-state index contributed by atoms with van der Waals surface area (Å²) in [4.78, 5) is 25.1. The molecule has 2 fully saturated rings. The highest BCUT2D eigenvalue weighted by atomic mass is 16.6. The van der Waals surface area contributed by atoms with Crippen LogP contribution in [0.25, 0.3) is 0 Å². The molecule has 0 bridgehead atoms. The van der Waals surface area contributed by atoms with Crippen LogP contribution in [0.5, 0.6) is 0 Å². The topological polar surface area (TPSA) is 65.1 Å². The van der Waals surface area contributed by atoms with Crippen LogP contribution in [0, 0.1) is 11.8 Å². The predicted molar refractivity (Wildman–Crippen MR) is 104 cm³/mol. The van der Waals surface area contributed by atoms with Gasteiger partial charge in [-0.15, -0.1) is 0 Å². The van der Waals surface area contributed by atoms with Crippen LogP contribution in [0.2, 0.25) is 0 Å². The van der Waals surface area contributed by atoms with Crippen LogP contribution >= 0.6 is 0 Å². The van der Waals surface area contributed by atoms with Crippen molar-refractivity contribution in [2.24, 2.45) is 11.8 Å². The molecule has 1 saturated carbocycles. The van der Waals surface area contributed by atoms with Gasteiger partial charge in [-0.3, -0.25) is 9.59 Å². The molecular weight excluding hydrogens is 344 g/mol. The largest absolute Gasteiger partial charge is 0.465 e. The number of hydrogen-bond acceptors (Lipinski definition) is 5. The van der Waals surface area contributed by atoms with E-state index in [9.17, 15) is 9.59 Å². The van der Waals surface area contributed by atoms with Crippen LogP contribution < -0.4 is 0 Å². The molecular formula is C22H38O5. The number of carbonyl (C=O) groups excluding carboxylic acids is 2. The van der Waals surface area contributed by atoms with E-state index < -0.39 is 11.8 Å². The minimum atomic E-state index is -0.406. The van der Waals surface area contributed by atoms with Gasteiger partial charge in [0.05, 0.1) is 37.3 Å². The predicted octanol–water partition coefficient (Wildman–Crippen LogP) is 4.81. The zero-order chi connectivity index (χ0) is 19.5. The summed E-state index contributed by atoms with van der Waals surface area (Å²) in [5, 5.41) is 0. The molecule has 1 aliphatic carbocycles. The fraction of sp³-hybridized carbons (Fsp3) is 0.909. The summed E-state index contributed by atoms with van der Waals surface area (Å²) in [6, 6.07) is 0. The highest BCUT2D eigenvalue weighted by molar-refractivity contribution is 5.82. The number of fused-ring (bicyclic) bond motifs is 1. The van der Waals surface area contributed by atoms with Gasteiger partial charge in [0, 0.05) is 0 Å². The molecule has 1 heterocycles. The molecule has 2 rings (SSSR count). The van der Waals surface area contributed by atoms with Gasteiger partial charge in [0.25, 0.3) is 0 Å². The van der Waals surface area contributed by atoms with E-state index in [1.54, 1.807) is 0 Å². The van der Waals surface area contributed by atoms with Gasteiger partial charge in [0.2, 0.25) is 0 Å². The number of hydrogen-bond donors (Lipinski definition) is 0. The molecule has 0 N–H and O–H groups in total. The maximum absolute atomic E-state index is 12.5. The normalized spacial score (nSPS) is 26.3. The number of epoxide rings is 1. The monoisotopic (exact) mass is 382 g/mol. The smallest absolute Gasteiger partial charge is 0.309 e. The lowest BCUT2D eigenvalue weighted by atomic mass is 9.79. The Morgan fingerprint density at radius 3 is 1.52 bits per heavy atom. The molecule has 0 radical (unpaired) electrons. The van der Waals surface area contributed by atoms with Gasteiger partial charge in [0.15, 0.2) is 0 Å². The van der Waals surface area contributed by atoms with Crippen molar-refractivity contribution in [3.05, 3.63) is 0 Å². The Hall–Kier alpha value is -1.10. The SMILES string of the molecule is CCCCCCCOC(=O)C1CC2OC2CC1C(=O)OCCCCCCC. The van der Waals surface area contributed by atoms with Crippen LogP contribution in [-0.4, -0.2) is 37.4 Å². The molecule has 156 valence electrons. The molecule has 5 nitrogen and oxygen atoms in total. The summed E-state index contributed by atoms with van der Waals surface area (Å²) < 4.78 is 16.5. The Labute approximate surface area is 164 Å². The second-order valence-electron chi connectivity index (χ2n) is 8.06. The summed E-state index contributed by atoms with van der Waals surface area (Å²) in [6.45, 7) is 5.27. The summed E-state index contributed by atoms with van der Waals surface area (Å²) in [7, 11) is 0. The van der Waals surface area contributed by atoms with E-state index >= 15 is 0 Å². The second-order valence-corrected chi connectivity index (χ2v) is 8.06. The number of ether oxygens (including phenoxy) is 3. The summed E-state index contributed by atoms with van der Waals surface area (Å²) in [6.07, 6.45) is 12.6. The summed E-state index contributed by atoms with van der Waals surface area (Å²) in [5.41, 5.74) is 0. The van der Waals surface area contributed by atoms with Crippen molar-refractivity contribution in [2.45, 2.75) is 103 Å². The fourth-order valence-corrected chi connectivity index (χ4v) is 3.91. The van der Waals surface area contributed by atoms with Crippen molar-refractivity contribution < 1.29 is 23.8 Å². The molecule has 1 aliphatic heterocycles. The molecule has 0 spiro atoms. The maximum atomic E-state index is 12.5. The molecule has 4 unspecified atom stereocenters. The standard InChI is InChI=1S/C22H38O5/c1-3-5-7-9-11-13-25-21(23)17-15-19-20(27-19)16-18(17)22(24)26-14-12-10-8-6-4-2/h17-20H,3-16H2,1-2H3. The fourth-order valence-electron chi connectivity index (χ4n) is 3.91. The molecule has 0 aromatic heterocycles. The molecule has 27 heavy (non-hydrogen) atoms. The molecule has 2 aliphatic rings. The molecule has 0 aromatic carbocycles. The lowest BCUT2D eigenvalue weighted by molar-refractivity contribution is -0.162. The Kier molecular flexibility index (Phi) is 10.2. The van der Waals surface area contributed by atoms with Gasteiger partial charge < -0.3 is 14.2 Å². The Morgan fingerprint density at radius 1 is 0.704 bits per heavy atom. The van der Waals surface area contributed by atoms with Gasteiger partial charge >= 0.3 is 11.9 Å². The second kappa shape index (κ2) is 12.4. The number of unbranched alkanes of at least 4 members (excludes halogenated alkanes) is 8. The van der Waals surface area contributed by atoms with Crippen molar-refractivity contribution >= 4 is 11.9 Å². The van der Waals surface area contributed by atoms with E-state index in [0.717, 1.165) is 25.7 Å². The quantitative estimate of drug-likeness (QED) is 0.245. The zero-order valence-electron chi connectivity index (χ0n) is 17.3. The van der Waals surface area contributed by atoms with E-state index in [1.165, 1.54) is 38.5 Å². The lowest BCUT2D eigenvalue weighted by Gasteiger charge is -2.26. The highest BCUT2D eigenvalue weighted by Crippen LogP contribution is 2.43. The Balaban J connectivity index is 1.70. The summed E-state index contributed by atoms with van der Waals surface area (Å²) in [5.74, 6) is -1.30. The average molecular weight is 383 g/mol. The zero-order valence-corrected chi connectivity index (χ0v) is 17.3. The first kappa shape index (κ1) is 22.2. The first-order chi connectivity index (χ1) is 13.2. The van der Waals surface area contributed by atoms with Crippen molar-refractivity contribution in [1.29, 1.82) is 0 Å².